The zero-order chi connectivity index (χ0) is 13.7. The lowest BCUT2D eigenvalue weighted by Crippen LogP contribution is -2.28. The van der Waals surface area contributed by atoms with Crippen molar-refractivity contribution in [1.29, 1.82) is 0 Å². The van der Waals surface area contributed by atoms with Crippen LogP contribution in [0.4, 0.5) is 8.78 Å². The quantitative estimate of drug-likeness (QED) is 0.832. The van der Waals surface area contributed by atoms with Gasteiger partial charge in [-0.15, -0.1) is 0 Å². The first-order chi connectivity index (χ1) is 9.15. The molecule has 1 aromatic rings. The Balaban J connectivity index is 1.71. The number of hydrogen-bond acceptors (Lipinski definition) is 2. The lowest BCUT2D eigenvalue weighted by molar-refractivity contribution is 0.140. The van der Waals surface area contributed by atoms with Crippen LogP contribution in [0.25, 0.3) is 0 Å². The van der Waals surface area contributed by atoms with Crippen molar-refractivity contribution in [1.82, 2.24) is 5.32 Å². The molecule has 1 aliphatic carbocycles. The second-order valence-electron chi connectivity index (χ2n) is 5.41. The van der Waals surface area contributed by atoms with E-state index in [4.69, 9.17) is 0 Å². The molecule has 0 radical (unpaired) electrons. The van der Waals surface area contributed by atoms with Gasteiger partial charge in [0.25, 0.3) is 0 Å². The summed E-state index contributed by atoms with van der Waals surface area (Å²) in [4.78, 5) is 0. The Kier molecular flexibility index (Phi) is 5.28. The van der Waals surface area contributed by atoms with Crippen LogP contribution in [0.15, 0.2) is 18.2 Å². The standard InChI is InChI=1S/C15H21F2NO/c16-13-5-6-15(17)12(8-13)9-18-10-14(19)7-11-3-1-2-4-11/h5-6,8,11,14,18-19H,1-4,7,9-10H2. The topological polar surface area (TPSA) is 32.3 Å². The number of rotatable bonds is 6. The molecule has 0 aliphatic heterocycles. The molecule has 1 saturated carbocycles. The molecule has 1 atom stereocenters. The largest absolute Gasteiger partial charge is 0.392 e. The zero-order valence-electron chi connectivity index (χ0n) is 11.0. The molecule has 0 aromatic heterocycles. The van der Waals surface area contributed by atoms with Gasteiger partial charge in [0, 0.05) is 18.7 Å². The molecule has 0 spiro atoms. The van der Waals surface area contributed by atoms with Gasteiger partial charge < -0.3 is 10.4 Å². The minimum atomic E-state index is -0.440. The van der Waals surface area contributed by atoms with Crippen molar-refractivity contribution in [2.45, 2.75) is 44.8 Å². The number of halogens is 2. The van der Waals surface area contributed by atoms with Crippen LogP contribution in [0, 0.1) is 17.6 Å². The van der Waals surface area contributed by atoms with Crippen LogP contribution in [0.5, 0.6) is 0 Å². The fraction of sp³-hybridized carbons (Fsp3) is 0.600. The van der Waals surface area contributed by atoms with Gasteiger partial charge in [-0.3, -0.25) is 0 Å². The molecular weight excluding hydrogens is 248 g/mol. The Morgan fingerprint density at radius 3 is 2.74 bits per heavy atom. The number of hydrogen-bond donors (Lipinski definition) is 2. The first-order valence-electron chi connectivity index (χ1n) is 6.98. The third-order valence-electron chi connectivity index (χ3n) is 3.78. The fourth-order valence-electron chi connectivity index (χ4n) is 2.77. The highest BCUT2D eigenvalue weighted by atomic mass is 19.1. The van der Waals surface area contributed by atoms with Crippen molar-refractivity contribution in [2.75, 3.05) is 6.54 Å². The van der Waals surface area contributed by atoms with Crippen molar-refractivity contribution < 1.29 is 13.9 Å². The van der Waals surface area contributed by atoms with Crippen LogP contribution >= 0.6 is 0 Å². The van der Waals surface area contributed by atoms with Gasteiger partial charge in [-0.1, -0.05) is 25.7 Å². The van der Waals surface area contributed by atoms with Crippen LogP contribution in [-0.4, -0.2) is 17.8 Å². The first kappa shape index (κ1) is 14.4. The van der Waals surface area contributed by atoms with Gasteiger partial charge in [0.05, 0.1) is 6.10 Å². The molecule has 0 saturated heterocycles. The molecule has 0 heterocycles. The molecule has 2 N–H and O–H groups in total. The summed E-state index contributed by atoms with van der Waals surface area (Å²) in [6.45, 7) is 0.664. The maximum Gasteiger partial charge on any atom is 0.127 e. The molecule has 4 heteroatoms. The summed E-state index contributed by atoms with van der Waals surface area (Å²) in [5.41, 5.74) is 0.299. The van der Waals surface area contributed by atoms with Crippen molar-refractivity contribution in [2.24, 2.45) is 5.92 Å². The number of nitrogens with one attached hydrogen (secondary N) is 1. The molecule has 1 fully saturated rings. The second-order valence-corrected chi connectivity index (χ2v) is 5.41. The van der Waals surface area contributed by atoms with Gasteiger partial charge in [0.1, 0.15) is 11.6 Å². The molecule has 106 valence electrons. The minimum absolute atomic E-state index is 0.241. The van der Waals surface area contributed by atoms with Gasteiger partial charge in [-0.2, -0.15) is 0 Å². The van der Waals surface area contributed by atoms with E-state index in [2.05, 4.69) is 5.32 Å². The smallest absolute Gasteiger partial charge is 0.127 e. The van der Waals surface area contributed by atoms with E-state index in [0.29, 0.717) is 18.0 Å². The van der Waals surface area contributed by atoms with E-state index in [1.54, 1.807) is 0 Å². The van der Waals surface area contributed by atoms with Crippen molar-refractivity contribution >= 4 is 0 Å². The number of benzene rings is 1. The lowest BCUT2D eigenvalue weighted by atomic mass is 10.00. The highest BCUT2D eigenvalue weighted by Gasteiger charge is 2.18. The monoisotopic (exact) mass is 269 g/mol. The summed E-state index contributed by atoms with van der Waals surface area (Å²) in [7, 11) is 0. The third kappa shape index (κ3) is 4.55. The summed E-state index contributed by atoms with van der Waals surface area (Å²) in [6.07, 6.45) is 5.34. The molecular formula is C15H21F2NO. The Bertz CT molecular complexity index is 405. The molecule has 1 unspecified atom stereocenters. The van der Waals surface area contributed by atoms with Crippen LogP contribution in [0.3, 0.4) is 0 Å². The highest BCUT2D eigenvalue weighted by Crippen LogP contribution is 2.28. The van der Waals surface area contributed by atoms with E-state index in [9.17, 15) is 13.9 Å². The van der Waals surface area contributed by atoms with Crippen molar-refractivity contribution in [3.05, 3.63) is 35.4 Å². The van der Waals surface area contributed by atoms with E-state index in [1.807, 2.05) is 0 Å². The van der Waals surface area contributed by atoms with Gasteiger partial charge >= 0.3 is 0 Å². The van der Waals surface area contributed by atoms with Crippen LogP contribution in [0.1, 0.15) is 37.7 Å². The van der Waals surface area contributed by atoms with Gasteiger partial charge in [0.2, 0.25) is 0 Å². The Morgan fingerprint density at radius 1 is 1.26 bits per heavy atom. The summed E-state index contributed by atoms with van der Waals surface area (Å²) in [6, 6.07) is 3.42. The van der Waals surface area contributed by atoms with Crippen LogP contribution in [0.2, 0.25) is 0 Å². The average molecular weight is 269 g/mol. The Labute approximate surface area is 112 Å². The van der Waals surface area contributed by atoms with Crippen molar-refractivity contribution in [3.8, 4) is 0 Å². The molecule has 1 aromatic carbocycles. The predicted octanol–water partition coefficient (Wildman–Crippen LogP) is 3.00. The average Bonchev–Trinajstić information content (AvgIpc) is 2.86. The minimum Gasteiger partial charge on any atom is -0.392 e. The molecule has 2 nitrogen and oxygen atoms in total. The van der Waals surface area contributed by atoms with E-state index in [-0.39, 0.29) is 6.54 Å². The van der Waals surface area contributed by atoms with E-state index in [0.717, 1.165) is 18.6 Å². The molecule has 0 bridgehead atoms. The predicted molar refractivity (Wildman–Crippen MR) is 70.6 cm³/mol. The van der Waals surface area contributed by atoms with E-state index >= 15 is 0 Å². The second kappa shape index (κ2) is 6.96. The highest BCUT2D eigenvalue weighted by molar-refractivity contribution is 5.18. The van der Waals surface area contributed by atoms with Gasteiger partial charge in [0.15, 0.2) is 0 Å². The maximum atomic E-state index is 13.4. The summed E-state index contributed by atoms with van der Waals surface area (Å²) < 4.78 is 26.3. The molecule has 2 rings (SSSR count). The van der Waals surface area contributed by atoms with E-state index in [1.165, 1.54) is 31.7 Å². The number of aliphatic hydroxyl groups excluding tert-OH is 1. The normalized spacial score (nSPS) is 17.8. The van der Waals surface area contributed by atoms with E-state index < -0.39 is 17.7 Å². The molecule has 19 heavy (non-hydrogen) atoms. The summed E-state index contributed by atoms with van der Waals surface area (Å²) in [5, 5.41) is 12.9. The third-order valence-corrected chi connectivity index (χ3v) is 3.78. The first-order valence-corrected chi connectivity index (χ1v) is 6.98. The maximum absolute atomic E-state index is 13.4. The van der Waals surface area contributed by atoms with Crippen molar-refractivity contribution in [3.63, 3.8) is 0 Å². The van der Waals surface area contributed by atoms with Gasteiger partial charge in [-0.05, 0) is 30.5 Å². The zero-order valence-corrected chi connectivity index (χ0v) is 11.0. The molecule has 1 aliphatic rings. The van der Waals surface area contributed by atoms with Crippen LogP contribution in [-0.2, 0) is 6.54 Å². The number of aliphatic hydroxyl groups is 1. The SMILES string of the molecule is OC(CNCc1cc(F)ccc1F)CC1CCCC1. The molecule has 0 amide bonds. The summed E-state index contributed by atoms with van der Waals surface area (Å²) in [5.74, 6) is -0.230. The lowest BCUT2D eigenvalue weighted by Gasteiger charge is -2.16. The fourth-order valence-corrected chi connectivity index (χ4v) is 2.77. The van der Waals surface area contributed by atoms with Crippen LogP contribution < -0.4 is 5.32 Å². The van der Waals surface area contributed by atoms with Gasteiger partial charge in [-0.25, -0.2) is 8.78 Å². The Hall–Kier alpha value is -1.00. The Morgan fingerprint density at radius 2 is 2.00 bits per heavy atom. The summed E-state index contributed by atoms with van der Waals surface area (Å²) >= 11 is 0.